The minimum Gasteiger partial charge on any atom is -0.399 e. The third-order valence-corrected chi connectivity index (χ3v) is 3.06. The molecule has 1 heterocycles. The zero-order valence-electron chi connectivity index (χ0n) is 12.2. The summed E-state index contributed by atoms with van der Waals surface area (Å²) in [6.45, 7) is 3.77. The second-order valence-electron chi connectivity index (χ2n) is 4.87. The van der Waals surface area contributed by atoms with E-state index in [2.05, 4.69) is 27.9 Å². The van der Waals surface area contributed by atoms with E-state index < -0.39 is 0 Å². The molecule has 1 aromatic heterocycles. The van der Waals surface area contributed by atoms with Gasteiger partial charge in [-0.15, -0.1) is 0 Å². The maximum atomic E-state index is 5.83. The maximum absolute atomic E-state index is 5.83. The molecule has 0 spiro atoms. The molecule has 0 unspecified atom stereocenters. The average molecular weight is 271 g/mol. The molecule has 0 saturated carbocycles. The van der Waals surface area contributed by atoms with Crippen LogP contribution in [0.25, 0.3) is 0 Å². The van der Waals surface area contributed by atoms with Gasteiger partial charge in [0.05, 0.1) is 0 Å². The molecule has 0 saturated heterocycles. The van der Waals surface area contributed by atoms with Crippen LogP contribution in [0.2, 0.25) is 0 Å². The summed E-state index contributed by atoms with van der Waals surface area (Å²) in [7, 11) is 3.88. The van der Waals surface area contributed by atoms with Crippen molar-refractivity contribution in [3.05, 3.63) is 42.1 Å². The van der Waals surface area contributed by atoms with Crippen LogP contribution in [0.5, 0.6) is 0 Å². The number of rotatable bonds is 5. The van der Waals surface area contributed by atoms with Crippen molar-refractivity contribution in [3.63, 3.8) is 0 Å². The third-order valence-electron chi connectivity index (χ3n) is 3.06. The van der Waals surface area contributed by atoms with Gasteiger partial charge in [0, 0.05) is 39.1 Å². The molecule has 0 radical (unpaired) electrons. The predicted octanol–water partition coefficient (Wildman–Crippen LogP) is 2.15. The number of hydrogen-bond donors (Lipinski definition) is 1. The lowest BCUT2D eigenvalue weighted by Crippen LogP contribution is -2.24. The van der Waals surface area contributed by atoms with Crippen molar-refractivity contribution in [3.8, 4) is 0 Å². The van der Waals surface area contributed by atoms with E-state index in [1.54, 1.807) is 6.20 Å². The molecule has 2 aromatic rings. The van der Waals surface area contributed by atoms with Crippen LogP contribution in [-0.4, -0.2) is 30.6 Å². The quantitative estimate of drug-likeness (QED) is 0.844. The van der Waals surface area contributed by atoms with Crippen molar-refractivity contribution < 1.29 is 0 Å². The smallest absolute Gasteiger partial charge is 0.226 e. The van der Waals surface area contributed by atoms with Crippen LogP contribution in [0.1, 0.15) is 12.5 Å². The largest absolute Gasteiger partial charge is 0.399 e. The fourth-order valence-electron chi connectivity index (χ4n) is 2.00. The minimum absolute atomic E-state index is 0.716. The first-order valence-corrected chi connectivity index (χ1v) is 6.70. The highest BCUT2D eigenvalue weighted by molar-refractivity contribution is 5.46. The number of benzene rings is 1. The van der Waals surface area contributed by atoms with Crippen LogP contribution in [0.4, 0.5) is 17.5 Å². The second-order valence-corrected chi connectivity index (χ2v) is 4.87. The Morgan fingerprint density at radius 1 is 1.20 bits per heavy atom. The van der Waals surface area contributed by atoms with Crippen molar-refractivity contribution in [2.75, 3.05) is 36.2 Å². The highest BCUT2D eigenvalue weighted by Crippen LogP contribution is 2.17. The molecule has 0 aliphatic carbocycles. The molecule has 0 atom stereocenters. The number of nitrogen functional groups attached to an aromatic ring is 1. The lowest BCUT2D eigenvalue weighted by atomic mass is 10.2. The Balaban J connectivity index is 2.22. The van der Waals surface area contributed by atoms with Crippen LogP contribution >= 0.6 is 0 Å². The summed E-state index contributed by atoms with van der Waals surface area (Å²) < 4.78 is 0. The van der Waals surface area contributed by atoms with Crippen LogP contribution < -0.4 is 15.5 Å². The van der Waals surface area contributed by atoms with Gasteiger partial charge in [0.25, 0.3) is 0 Å². The Bertz CT molecular complexity index is 568. The first-order valence-electron chi connectivity index (χ1n) is 6.70. The Morgan fingerprint density at radius 2 is 2.00 bits per heavy atom. The van der Waals surface area contributed by atoms with E-state index in [0.717, 1.165) is 24.6 Å². The van der Waals surface area contributed by atoms with Gasteiger partial charge in [-0.25, -0.2) is 4.98 Å². The maximum Gasteiger partial charge on any atom is 0.226 e. The SMILES string of the molecule is CCN(Cc1cccc(N)c1)c1ccnc(N(C)C)n1. The lowest BCUT2D eigenvalue weighted by molar-refractivity contribution is 0.807. The van der Waals surface area contributed by atoms with E-state index in [1.165, 1.54) is 5.56 Å². The highest BCUT2D eigenvalue weighted by Gasteiger charge is 2.09. The van der Waals surface area contributed by atoms with E-state index in [9.17, 15) is 0 Å². The van der Waals surface area contributed by atoms with Gasteiger partial charge in [0.2, 0.25) is 5.95 Å². The third kappa shape index (κ3) is 3.38. The van der Waals surface area contributed by atoms with Crippen LogP contribution in [0.3, 0.4) is 0 Å². The molecule has 5 heteroatoms. The molecule has 0 amide bonds. The van der Waals surface area contributed by atoms with Gasteiger partial charge in [-0.05, 0) is 30.7 Å². The number of nitrogens with two attached hydrogens (primary N) is 1. The summed E-state index contributed by atoms with van der Waals surface area (Å²) in [4.78, 5) is 12.9. The number of hydrogen-bond acceptors (Lipinski definition) is 5. The van der Waals surface area contributed by atoms with Crippen molar-refractivity contribution in [2.24, 2.45) is 0 Å². The molecule has 1 aromatic carbocycles. The monoisotopic (exact) mass is 271 g/mol. The molecular formula is C15H21N5. The van der Waals surface area contributed by atoms with E-state index in [-0.39, 0.29) is 0 Å². The lowest BCUT2D eigenvalue weighted by Gasteiger charge is -2.23. The van der Waals surface area contributed by atoms with Crippen molar-refractivity contribution in [2.45, 2.75) is 13.5 Å². The zero-order chi connectivity index (χ0) is 14.5. The van der Waals surface area contributed by atoms with E-state index in [4.69, 9.17) is 5.73 Å². The summed E-state index contributed by atoms with van der Waals surface area (Å²) in [5.41, 5.74) is 7.79. The summed E-state index contributed by atoms with van der Waals surface area (Å²) in [6.07, 6.45) is 1.79. The van der Waals surface area contributed by atoms with Crippen molar-refractivity contribution in [1.29, 1.82) is 0 Å². The Kier molecular flexibility index (Phi) is 4.40. The Labute approximate surface area is 120 Å². The van der Waals surface area contributed by atoms with Gasteiger partial charge in [-0.1, -0.05) is 12.1 Å². The molecular weight excluding hydrogens is 250 g/mol. The molecule has 2 N–H and O–H groups in total. The summed E-state index contributed by atoms with van der Waals surface area (Å²) in [6, 6.07) is 9.88. The molecule has 2 rings (SSSR count). The second kappa shape index (κ2) is 6.23. The Morgan fingerprint density at radius 3 is 2.65 bits per heavy atom. The summed E-state index contributed by atoms with van der Waals surface area (Å²) in [5, 5.41) is 0. The molecule has 20 heavy (non-hydrogen) atoms. The van der Waals surface area contributed by atoms with Gasteiger partial charge in [-0.3, -0.25) is 0 Å². The van der Waals surface area contributed by atoms with E-state index in [0.29, 0.717) is 5.95 Å². The molecule has 0 fully saturated rings. The molecule has 5 nitrogen and oxygen atoms in total. The van der Waals surface area contributed by atoms with Crippen LogP contribution in [-0.2, 0) is 6.54 Å². The Hall–Kier alpha value is -2.30. The van der Waals surface area contributed by atoms with Gasteiger partial charge >= 0.3 is 0 Å². The van der Waals surface area contributed by atoms with Gasteiger partial charge in [0.15, 0.2) is 0 Å². The van der Waals surface area contributed by atoms with Crippen LogP contribution in [0.15, 0.2) is 36.5 Å². The molecule has 0 aliphatic rings. The molecule has 0 aliphatic heterocycles. The molecule has 0 bridgehead atoms. The number of anilines is 3. The highest BCUT2D eigenvalue weighted by atomic mass is 15.3. The number of aromatic nitrogens is 2. The average Bonchev–Trinajstić information content (AvgIpc) is 2.45. The normalized spacial score (nSPS) is 10.3. The van der Waals surface area contributed by atoms with Crippen molar-refractivity contribution >= 4 is 17.5 Å². The molecule has 106 valence electrons. The zero-order valence-corrected chi connectivity index (χ0v) is 12.2. The summed E-state index contributed by atoms with van der Waals surface area (Å²) in [5.74, 6) is 1.64. The van der Waals surface area contributed by atoms with Gasteiger partial charge in [0.1, 0.15) is 5.82 Å². The topological polar surface area (TPSA) is 58.3 Å². The van der Waals surface area contributed by atoms with E-state index >= 15 is 0 Å². The predicted molar refractivity (Wildman–Crippen MR) is 83.9 cm³/mol. The van der Waals surface area contributed by atoms with Crippen molar-refractivity contribution in [1.82, 2.24) is 9.97 Å². The van der Waals surface area contributed by atoms with Gasteiger partial charge < -0.3 is 15.5 Å². The first-order chi connectivity index (χ1) is 9.60. The minimum atomic E-state index is 0.716. The first kappa shape index (κ1) is 14.1. The van der Waals surface area contributed by atoms with Crippen LogP contribution in [0, 0.1) is 0 Å². The van der Waals surface area contributed by atoms with Gasteiger partial charge in [-0.2, -0.15) is 4.98 Å². The standard InChI is InChI=1S/C15H21N5/c1-4-20(11-12-6-5-7-13(16)10-12)14-8-9-17-15(18-14)19(2)3/h5-10H,4,11,16H2,1-3H3. The summed E-state index contributed by atoms with van der Waals surface area (Å²) >= 11 is 0. The van der Waals surface area contributed by atoms with E-state index in [1.807, 2.05) is 43.3 Å². The fourth-order valence-corrected chi connectivity index (χ4v) is 2.00. The number of nitrogens with zero attached hydrogens (tertiary/aromatic N) is 4. The fraction of sp³-hybridized carbons (Fsp3) is 0.333.